The maximum atomic E-state index is 12.1. The van der Waals surface area contributed by atoms with Crippen LogP contribution in [-0.4, -0.2) is 18.5 Å². The number of esters is 1. The van der Waals surface area contributed by atoms with Gasteiger partial charge in [-0.2, -0.15) is 0 Å². The number of carbonyl (C=O) groups is 2. The number of fused-ring (bicyclic) bond motifs is 1. The standard InChI is InChI=1S/C22H21NO6/c1-13(2)22(26)23-15-5-4-6-16(10-15)27-12-21(25)28-17-7-8-18-14(3)9-20(24)29-19(18)11-17/h4-11,13H,12H2,1-3H3,(H,23,26). The number of anilines is 1. The minimum absolute atomic E-state index is 0.111. The molecule has 0 aliphatic carbocycles. The largest absolute Gasteiger partial charge is 0.482 e. The second kappa shape index (κ2) is 8.60. The monoisotopic (exact) mass is 395 g/mol. The fourth-order valence-electron chi connectivity index (χ4n) is 2.62. The molecule has 1 amide bonds. The van der Waals surface area contributed by atoms with Gasteiger partial charge < -0.3 is 19.2 Å². The van der Waals surface area contributed by atoms with Gasteiger partial charge in [0.1, 0.15) is 17.1 Å². The fourth-order valence-corrected chi connectivity index (χ4v) is 2.62. The second-order valence-electron chi connectivity index (χ2n) is 6.84. The Labute approximate surface area is 167 Å². The van der Waals surface area contributed by atoms with Gasteiger partial charge in [0.25, 0.3) is 0 Å². The van der Waals surface area contributed by atoms with E-state index in [9.17, 15) is 14.4 Å². The maximum absolute atomic E-state index is 12.1. The average molecular weight is 395 g/mol. The van der Waals surface area contributed by atoms with Crippen molar-refractivity contribution in [2.45, 2.75) is 20.8 Å². The third-order valence-corrected chi connectivity index (χ3v) is 4.14. The normalized spacial score (nSPS) is 10.8. The first-order valence-electron chi connectivity index (χ1n) is 9.11. The Morgan fingerprint density at radius 3 is 2.62 bits per heavy atom. The van der Waals surface area contributed by atoms with Crippen LogP contribution in [0.4, 0.5) is 5.69 Å². The molecule has 0 aliphatic heterocycles. The molecular formula is C22H21NO6. The molecule has 1 heterocycles. The number of carbonyl (C=O) groups excluding carboxylic acids is 2. The van der Waals surface area contributed by atoms with Gasteiger partial charge in [-0.25, -0.2) is 9.59 Å². The van der Waals surface area contributed by atoms with Crippen molar-refractivity contribution in [3.63, 3.8) is 0 Å². The fraction of sp³-hybridized carbons (Fsp3) is 0.227. The third kappa shape index (κ3) is 5.22. The first-order valence-corrected chi connectivity index (χ1v) is 9.11. The van der Waals surface area contributed by atoms with Crippen molar-refractivity contribution < 1.29 is 23.5 Å². The Hall–Kier alpha value is -3.61. The zero-order valence-electron chi connectivity index (χ0n) is 16.4. The molecule has 0 saturated carbocycles. The topological polar surface area (TPSA) is 94.8 Å². The minimum atomic E-state index is -0.615. The summed E-state index contributed by atoms with van der Waals surface area (Å²) in [5.74, 6) is -0.207. The summed E-state index contributed by atoms with van der Waals surface area (Å²) in [6.45, 7) is 5.07. The van der Waals surface area contributed by atoms with Crippen molar-refractivity contribution in [2.75, 3.05) is 11.9 Å². The summed E-state index contributed by atoms with van der Waals surface area (Å²) in [4.78, 5) is 35.4. The van der Waals surface area contributed by atoms with Gasteiger partial charge in [0.2, 0.25) is 5.91 Å². The first kappa shape index (κ1) is 20.1. The van der Waals surface area contributed by atoms with Crippen LogP contribution in [0.2, 0.25) is 0 Å². The number of amides is 1. The lowest BCUT2D eigenvalue weighted by Crippen LogP contribution is -2.19. The van der Waals surface area contributed by atoms with E-state index in [0.717, 1.165) is 10.9 Å². The summed E-state index contributed by atoms with van der Waals surface area (Å²) in [5, 5.41) is 3.53. The van der Waals surface area contributed by atoms with Crippen LogP contribution in [0.1, 0.15) is 19.4 Å². The van der Waals surface area contributed by atoms with Gasteiger partial charge >= 0.3 is 11.6 Å². The maximum Gasteiger partial charge on any atom is 0.349 e. The first-order chi connectivity index (χ1) is 13.8. The summed E-state index contributed by atoms with van der Waals surface area (Å²) < 4.78 is 15.8. The molecule has 0 aliphatic rings. The van der Waals surface area contributed by atoms with Crippen LogP contribution < -0.4 is 20.4 Å². The quantitative estimate of drug-likeness (QED) is 0.389. The van der Waals surface area contributed by atoms with Crippen LogP contribution in [0.3, 0.4) is 0 Å². The average Bonchev–Trinajstić information content (AvgIpc) is 2.66. The molecule has 0 radical (unpaired) electrons. The van der Waals surface area contributed by atoms with Gasteiger partial charge in [0.05, 0.1) is 0 Å². The highest BCUT2D eigenvalue weighted by Crippen LogP contribution is 2.23. The van der Waals surface area contributed by atoms with E-state index >= 15 is 0 Å². The molecule has 2 aromatic carbocycles. The van der Waals surface area contributed by atoms with Crippen molar-refractivity contribution in [1.29, 1.82) is 0 Å². The molecule has 150 valence electrons. The minimum Gasteiger partial charge on any atom is -0.482 e. The lowest BCUT2D eigenvalue weighted by atomic mass is 10.1. The van der Waals surface area contributed by atoms with Crippen molar-refractivity contribution in [2.24, 2.45) is 5.92 Å². The lowest BCUT2D eigenvalue weighted by molar-refractivity contribution is -0.136. The van der Waals surface area contributed by atoms with Gasteiger partial charge in [-0.15, -0.1) is 0 Å². The Balaban J connectivity index is 1.62. The molecule has 0 spiro atoms. The molecule has 1 aromatic heterocycles. The van der Waals surface area contributed by atoms with Crippen LogP contribution in [0.15, 0.2) is 57.7 Å². The number of hydrogen-bond acceptors (Lipinski definition) is 6. The van der Waals surface area contributed by atoms with Crippen molar-refractivity contribution in [1.82, 2.24) is 0 Å². The molecule has 3 aromatic rings. The molecular weight excluding hydrogens is 374 g/mol. The number of aryl methyl sites for hydroxylation is 1. The van der Waals surface area contributed by atoms with Crippen LogP contribution in [0, 0.1) is 12.8 Å². The zero-order valence-corrected chi connectivity index (χ0v) is 16.4. The molecule has 0 bridgehead atoms. The van der Waals surface area contributed by atoms with E-state index in [1.807, 2.05) is 0 Å². The molecule has 7 heteroatoms. The van der Waals surface area contributed by atoms with Crippen molar-refractivity contribution in [3.8, 4) is 11.5 Å². The van der Waals surface area contributed by atoms with Crippen LogP contribution >= 0.6 is 0 Å². The smallest absolute Gasteiger partial charge is 0.349 e. The second-order valence-corrected chi connectivity index (χ2v) is 6.84. The number of benzene rings is 2. The van der Waals surface area contributed by atoms with E-state index in [-0.39, 0.29) is 24.2 Å². The van der Waals surface area contributed by atoms with Crippen LogP contribution in [0.25, 0.3) is 11.0 Å². The highest BCUT2D eigenvalue weighted by molar-refractivity contribution is 5.92. The lowest BCUT2D eigenvalue weighted by Gasteiger charge is -2.10. The van der Waals surface area contributed by atoms with E-state index in [4.69, 9.17) is 13.9 Å². The molecule has 7 nitrogen and oxygen atoms in total. The summed E-state index contributed by atoms with van der Waals surface area (Å²) in [5.41, 5.74) is 1.23. The van der Waals surface area contributed by atoms with Gasteiger partial charge in [-0.05, 0) is 36.8 Å². The molecule has 0 atom stereocenters. The number of rotatable bonds is 6. The van der Waals surface area contributed by atoms with Gasteiger partial charge in [-0.1, -0.05) is 19.9 Å². The Kier molecular flexibility index (Phi) is 5.97. The molecule has 3 rings (SSSR count). The zero-order chi connectivity index (χ0) is 21.0. The molecule has 29 heavy (non-hydrogen) atoms. The number of nitrogens with one attached hydrogen (secondary N) is 1. The highest BCUT2D eigenvalue weighted by atomic mass is 16.6. The van der Waals surface area contributed by atoms with E-state index < -0.39 is 11.6 Å². The summed E-state index contributed by atoms with van der Waals surface area (Å²) >= 11 is 0. The predicted molar refractivity (Wildman–Crippen MR) is 108 cm³/mol. The summed E-state index contributed by atoms with van der Waals surface area (Å²) in [7, 11) is 0. The SMILES string of the molecule is Cc1cc(=O)oc2cc(OC(=O)COc3cccc(NC(=O)C(C)C)c3)ccc12. The van der Waals surface area contributed by atoms with E-state index in [1.54, 1.807) is 57.2 Å². The van der Waals surface area contributed by atoms with Crippen LogP contribution in [-0.2, 0) is 9.59 Å². The number of ether oxygens (including phenoxy) is 2. The van der Waals surface area contributed by atoms with Gasteiger partial charge in [-0.3, -0.25) is 4.79 Å². The molecule has 0 unspecified atom stereocenters. The van der Waals surface area contributed by atoms with E-state index in [0.29, 0.717) is 17.0 Å². The molecule has 0 saturated heterocycles. The number of hydrogen-bond donors (Lipinski definition) is 1. The van der Waals surface area contributed by atoms with Crippen molar-refractivity contribution >= 4 is 28.5 Å². The summed E-state index contributed by atoms with van der Waals surface area (Å²) in [6.07, 6.45) is 0. The summed E-state index contributed by atoms with van der Waals surface area (Å²) in [6, 6.07) is 13.0. The van der Waals surface area contributed by atoms with Crippen LogP contribution in [0.5, 0.6) is 11.5 Å². The van der Waals surface area contributed by atoms with E-state index in [1.165, 1.54) is 12.1 Å². The highest BCUT2D eigenvalue weighted by Gasteiger charge is 2.11. The Morgan fingerprint density at radius 2 is 1.86 bits per heavy atom. The van der Waals surface area contributed by atoms with Gasteiger partial charge in [0.15, 0.2) is 6.61 Å². The molecule has 0 fully saturated rings. The van der Waals surface area contributed by atoms with E-state index in [2.05, 4.69) is 5.32 Å². The third-order valence-electron chi connectivity index (χ3n) is 4.14. The molecule has 1 N–H and O–H groups in total. The van der Waals surface area contributed by atoms with Crippen molar-refractivity contribution in [3.05, 3.63) is 64.5 Å². The Bertz CT molecular complexity index is 1120. The van der Waals surface area contributed by atoms with Gasteiger partial charge in [0, 0.05) is 35.2 Å². The Morgan fingerprint density at radius 1 is 1.07 bits per heavy atom. The predicted octanol–water partition coefficient (Wildman–Crippen LogP) is 3.68.